The number of aromatic nitrogens is 3. The number of pyridine rings is 1. The predicted octanol–water partition coefficient (Wildman–Crippen LogP) is 2.29. The van der Waals surface area contributed by atoms with Gasteiger partial charge < -0.3 is 0 Å². The number of rotatable bonds is 3. The molecule has 0 fully saturated rings. The Balaban J connectivity index is 2.39. The average Bonchev–Trinajstić information content (AvgIpc) is 2.64. The van der Waals surface area contributed by atoms with Crippen molar-refractivity contribution >= 4 is 31.8 Å². The van der Waals surface area contributed by atoms with Crippen molar-refractivity contribution in [1.82, 2.24) is 15.2 Å². The molecule has 19 heavy (non-hydrogen) atoms. The summed E-state index contributed by atoms with van der Waals surface area (Å²) >= 11 is 3.32. The van der Waals surface area contributed by atoms with Gasteiger partial charge in [-0.3, -0.25) is 9.82 Å². The number of H-pyrrole nitrogens is 1. The second-order valence-electron chi connectivity index (χ2n) is 4.13. The van der Waals surface area contributed by atoms with Crippen LogP contribution in [0.15, 0.2) is 21.5 Å². The Morgan fingerprint density at radius 2 is 1.89 bits per heavy atom. The van der Waals surface area contributed by atoms with Crippen LogP contribution in [0.2, 0.25) is 0 Å². The van der Waals surface area contributed by atoms with Crippen molar-refractivity contribution in [2.45, 2.75) is 25.7 Å². The lowest BCUT2D eigenvalue weighted by Gasteiger charge is -2.08. The Hall–Kier alpha value is -1.41. The Labute approximate surface area is 119 Å². The number of aryl methyl sites for hydroxylation is 3. The van der Waals surface area contributed by atoms with Gasteiger partial charge in [0, 0.05) is 4.47 Å². The lowest BCUT2D eigenvalue weighted by atomic mass is 10.4. The molecular formula is C11H13BrN4O2S. The van der Waals surface area contributed by atoms with Crippen LogP contribution in [0.4, 0.5) is 5.82 Å². The fourth-order valence-electron chi connectivity index (χ4n) is 1.73. The number of aromatic amines is 1. The lowest BCUT2D eigenvalue weighted by molar-refractivity contribution is 0.600. The zero-order chi connectivity index (χ0) is 14.2. The molecule has 2 aromatic heterocycles. The SMILES string of the molecule is Cc1nc(NS(=O)(=O)c2c(C)n[nH]c2C)ccc1Br. The van der Waals surface area contributed by atoms with E-state index >= 15 is 0 Å². The molecule has 0 aromatic carbocycles. The molecule has 8 heteroatoms. The maximum absolute atomic E-state index is 12.3. The summed E-state index contributed by atoms with van der Waals surface area (Å²) in [5.41, 5.74) is 1.64. The van der Waals surface area contributed by atoms with Crippen molar-refractivity contribution in [2.75, 3.05) is 4.72 Å². The third-order valence-corrected chi connectivity index (χ3v) is 5.04. The molecular weight excluding hydrogens is 332 g/mol. The molecule has 0 bridgehead atoms. The van der Waals surface area contributed by atoms with E-state index in [0.29, 0.717) is 17.1 Å². The van der Waals surface area contributed by atoms with E-state index in [1.807, 2.05) is 0 Å². The highest BCUT2D eigenvalue weighted by Crippen LogP contribution is 2.21. The van der Waals surface area contributed by atoms with E-state index < -0.39 is 10.0 Å². The zero-order valence-corrected chi connectivity index (χ0v) is 13.1. The fourth-order valence-corrected chi connectivity index (χ4v) is 3.32. The van der Waals surface area contributed by atoms with Gasteiger partial charge in [-0.15, -0.1) is 0 Å². The molecule has 0 aliphatic rings. The molecule has 0 amide bonds. The Morgan fingerprint density at radius 3 is 2.42 bits per heavy atom. The monoisotopic (exact) mass is 344 g/mol. The second-order valence-corrected chi connectivity index (χ2v) is 6.61. The number of hydrogen-bond donors (Lipinski definition) is 2. The van der Waals surface area contributed by atoms with Crippen LogP contribution < -0.4 is 4.72 Å². The van der Waals surface area contributed by atoms with E-state index in [9.17, 15) is 8.42 Å². The zero-order valence-electron chi connectivity index (χ0n) is 10.7. The number of hydrogen-bond acceptors (Lipinski definition) is 4. The second kappa shape index (κ2) is 4.93. The highest BCUT2D eigenvalue weighted by Gasteiger charge is 2.22. The lowest BCUT2D eigenvalue weighted by Crippen LogP contribution is -2.15. The Morgan fingerprint density at radius 1 is 1.21 bits per heavy atom. The first-order valence-corrected chi connectivity index (χ1v) is 7.76. The molecule has 0 atom stereocenters. The van der Waals surface area contributed by atoms with Gasteiger partial charge in [-0.25, -0.2) is 13.4 Å². The third-order valence-electron chi connectivity index (χ3n) is 2.59. The van der Waals surface area contributed by atoms with Crippen molar-refractivity contribution in [2.24, 2.45) is 0 Å². The van der Waals surface area contributed by atoms with Crippen molar-refractivity contribution in [3.63, 3.8) is 0 Å². The number of nitrogens with one attached hydrogen (secondary N) is 2. The molecule has 2 rings (SSSR count). The van der Waals surface area contributed by atoms with Gasteiger partial charge in [0.15, 0.2) is 0 Å². The first kappa shape index (κ1) is 14.0. The normalized spacial score (nSPS) is 11.6. The molecule has 0 unspecified atom stereocenters. The fraction of sp³-hybridized carbons (Fsp3) is 0.273. The van der Waals surface area contributed by atoms with Crippen molar-refractivity contribution in [1.29, 1.82) is 0 Å². The molecule has 0 saturated carbocycles. The van der Waals surface area contributed by atoms with Gasteiger partial charge in [0.1, 0.15) is 10.7 Å². The quantitative estimate of drug-likeness (QED) is 0.893. The molecule has 2 heterocycles. The van der Waals surface area contributed by atoms with Crippen LogP contribution in [0.1, 0.15) is 17.1 Å². The summed E-state index contributed by atoms with van der Waals surface area (Å²) in [6, 6.07) is 3.34. The standard InChI is InChI=1S/C11H13BrN4O2S/c1-6-9(12)4-5-10(13-6)16-19(17,18)11-7(2)14-15-8(11)3/h4-5H,1-3H3,(H,13,16)(H,14,15). The van der Waals surface area contributed by atoms with Crippen LogP contribution in [0, 0.1) is 20.8 Å². The van der Waals surface area contributed by atoms with Gasteiger partial charge in [0.05, 0.1) is 17.1 Å². The van der Waals surface area contributed by atoms with Crippen LogP contribution in [-0.2, 0) is 10.0 Å². The summed E-state index contributed by atoms with van der Waals surface area (Å²) in [5, 5.41) is 6.54. The van der Waals surface area contributed by atoms with E-state index in [1.54, 1.807) is 32.9 Å². The van der Waals surface area contributed by atoms with Gasteiger partial charge in [-0.2, -0.15) is 5.10 Å². The molecule has 0 spiro atoms. The number of nitrogens with zero attached hydrogens (tertiary/aromatic N) is 2. The highest BCUT2D eigenvalue weighted by atomic mass is 79.9. The number of halogens is 1. The van der Waals surface area contributed by atoms with Gasteiger partial charge in [0.2, 0.25) is 0 Å². The van der Waals surface area contributed by atoms with Gasteiger partial charge in [-0.05, 0) is 48.8 Å². The van der Waals surface area contributed by atoms with E-state index in [-0.39, 0.29) is 10.7 Å². The molecule has 0 aliphatic carbocycles. The number of anilines is 1. The van der Waals surface area contributed by atoms with E-state index in [4.69, 9.17) is 0 Å². The molecule has 2 aromatic rings. The smallest absolute Gasteiger partial charge is 0.266 e. The topological polar surface area (TPSA) is 87.7 Å². The van der Waals surface area contributed by atoms with Gasteiger partial charge in [0.25, 0.3) is 10.0 Å². The maximum Gasteiger partial charge on any atom is 0.266 e. The van der Waals surface area contributed by atoms with Crippen LogP contribution >= 0.6 is 15.9 Å². The van der Waals surface area contributed by atoms with E-state index in [2.05, 4.69) is 35.8 Å². The molecule has 2 N–H and O–H groups in total. The first-order chi connectivity index (χ1) is 8.81. The molecule has 102 valence electrons. The highest BCUT2D eigenvalue weighted by molar-refractivity contribution is 9.10. The number of sulfonamides is 1. The minimum absolute atomic E-state index is 0.162. The van der Waals surface area contributed by atoms with Crippen LogP contribution in [0.5, 0.6) is 0 Å². The third kappa shape index (κ3) is 2.79. The van der Waals surface area contributed by atoms with E-state index in [0.717, 1.165) is 4.47 Å². The molecule has 6 nitrogen and oxygen atoms in total. The first-order valence-electron chi connectivity index (χ1n) is 5.49. The van der Waals surface area contributed by atoms with Gasteiger partial charge in [-0.1, -0.05) is 0 Å². The van der Waals surface area contributed by atoms with Crippen LogP contribution in [0.3, 0.4) is 0 Å². The summed E-state index contributed by atoms with van der Waals surface area (Å²) in [5.74, 6) is 0.278. The average molecular weight is 345 g/mol. The largest absolute Gasteiger partial charge is 0.281 e. The summed E-state index contributed by atoms with van der Waals surface area (Å²) in [7, 11) is -3.68. The summed E-state index contributed by atoms with van der Waals surface area (Å²) < 4.78 is 27.8. The Kier molecular flexibility index (Phi) is 3.64. The minimum atomic E-state index is -3.68. The van der Waals surface area contributed by atoms with Crippen LogP contribution in [0.25, 0.3) is 0 Å². The summed E-state index contributed by atoms with van der Waals surface area (Å²) in [6.07, 6.45) is 0. The van der Waals surface area contributed by atoms with Gasteiger partial charge >= 0.3 is 0 Å². The molecule has 0 saturated heterocycles. The minimum Gasteiger partial charge on any atom is -0.281 e. The van der Waals surface area contributed by atoms with E-state index in [1.165, 1.54) is 0 Å². The van der Waals surface area contributed by atoms with Crippen LogP contribution in [-0.4, -0.2) is 23.6 Å². The van der Waals surface area contributed by atoms with Crippen molar-refractivity contribution in [3.8, 4) is 0 Å². The predicted molar refractivity (Wildman–Crippen MR) is 75.5 cm³/mol. The van der Waals surface area contributed by atoms with Crippen molar-refractivity contribution in [3.05, 3.63) is 33.7 Å². The summed E-state index contributed by atoms with van der Waals surface area (Å²) in [6.45, 7) is 5.09. The molecule has 0 radical (unpaired) electrons. The Bertz CT molecular complexity index is 705. The van der Waals surface area contributed by atoms with Crippen molar-refractivity contribution < 1.29 is 8.42 Å². The maximum atomic E-state index is 12.3. The summed E-state index contributed by atoms with van der Waals surface area (Å²) in [4.78, 5) is 4.32. The molecule has 0 aliphatic heterocycles.